The van der Waals surface area contributed by atoms with Gasteiger partial charge in [-0.2, -0.15) is 0 Å². The van der Waals surface area contributed by atoms with Crippen molar-refractivity contribution < 1.29 is 19.1 Å². The third-order valence-electron chi connectivity index (χ3n) is 3.09. The number of carboxylic acids is 1. The minimum Gasteiger partial charge on any atom is -0.479 e. The van der Waals surface area contributed by atoms with E-state index in [0.717, 1.165) is 0 Å². The van der Waals surface area contributed by atoms with Crippen molar-refractivity contribution >= 4 is 14.3 Å². The highest BCUT2D eigenvalue weighted by Crippen LogP contribution is 2.36. The van der Waals surface area contributed by atoms with E-state index in [9.17, 15) is 4.79 Å². The van der Waals surface area contributed by atoms with Crippen molar-refractivity contribution in [2.24, 2.45) is 0 Å². The van der Waals surface area contributed by atoms with Gasteiger partial charge in [0, 0.05) is 0 Å². The summed E-state index contributed by atoms with van der Waals surface area (Å²) >= 11 is 0. The van der Waals surface area contributed by atoms with Crippen LogP contribution in [0.1, 0.15) is 20.8 Å². The summed E-state index contributed by atoms with van der Waals surface area (Å²) in [6, 6.07) is 0. The van der Waals surface area contributed by atoms with E-state index in [4.69, 9.17) is 14.3 Å². The molecule has 0 aromatic rings. The average molecular weight is 260 g/mol. The number of hydrogen-bond donors (Lipinski definition) is 1. The Labute approximate surface area is 105 Å². The molecular formula is C12H24O4Si. The highest BCUT2D eigenvalue weighted by atomic mass is 28.4. The fourth-order valence-electron chi connectivity index (χ4n) is 0.875. The van der Waals surface area contributed by atoms with E-state index in [-0.39, 0.29) is 18.3 Å². The van der Waals surface area contributed by atoms with Gasteiger partial charge in [-0.15, -0.1) is 6.58 Å². The molecule has 0 amide bonds. The summed E-state index contributed by atoms with van der Waals surface area (Å²) in [5.41, 5.74) is 0. The lowest BCUT2D eigenvalue weighted by atomic mass is 10.2. The molecule has 0 bridgehead atoms. The lowest BCUT2D eigenvalue weighted by Gasteiger charge is -2.36. The first kappa shape index (κ1) is 16.3. The van der Waals surface area contributed by atoms with Crippen molar-refractivity contribution in [3.63, 3.8) is 0 Å². The average Bonchev–Trinajstić information content (AvgIpc) is 2.15. The van der Waals surface area contributed by atoms with Crippen LogP contribution in [0.15, 0.2) is 12.7 Å². The van der Waals surface area contributed by atoms with E-state index >= 15 is 0 Å². The zero-order valence-corrected chi connectivity index (χ0v) is 12.4. The lowest BCUT2D eigenvalue weighted by Crippen LogP contribution is -2.44. The van der Waals surface area contributed by atoms with Crippen LogP contribution in [0.25, 0.3) is 0 Å². The Morgan fingerprint density at radius 2 is 2.00 bits per heavy atom. The molecule has 0 saturated carbocycles. The van der Waals surface area contributed by atoms with Gasteiger partial charge in [0.2, 0.25) is 0 Å². The molecule has 0 radical (unpaired) electrons. The number of carbonyl (C=O) groups is 1. The molecule has 0 unspecified atom stereocenters. The standard InChI is InChI=1S/C12H24O4Si/c1-7-8-15-10(11(13)14)9-16-17(5,6)12(2,3)4/h7,10H,1,8-9H2,2-6H3,(H,13,14)/t10-/m1/s1. The maximum absolute atomic E-state index is 10.9. The molecule has 5 heteroatoms. The number of aliphatic carboxylic acids is 1. The van der Waals surface area contributed by atoms with E-state index in [1.807, 2.05) is 0 Å². The van der Waals surface area contributed by atoms with E-state index in [1.165, 1.54) is 6.08 Å². The Kier molecular flexibility index (Phi) is 6.08. The van der Waals surface area contributed by atoms with Crippen molar-refractivity contribution in [2.75, 3.05) is 13.2 Å². The fourth-order valence-corrected chi connectivity index (χ4v) is 1.88. The Morgan fingerprint density at radius 1 is 1.47 bits per heavy atom. The normalized spacial score (nSPS) is 14.4. The van der Waals surface area contributed by atoms with Gasteiger partial charge in [-0.05, 0) is 18.1 Å². The summed E-state index contributed by atoms with van der Waals surface area (Å²) in [6.45, 7) is 14.3. The second-order valence-corrected chi connectivity index (χ2v) is 10.3. The quantitative estimate of drug-likeness (QED) is 0.565. The minimum atomic E-state index is -1.92. The third-order valence-corrected chi connectivity index (χ3v) is 7.59. The van der Waals surface area contributed by atoms with Gasteiger partial charge < -0.3 is 14.3 Å². The van der Waals surface area contributed by atoms with Gasteiger partial charge in [0.1, 0.15) is 0 Å². The molecule has 0 saturated heterocycles. The Balaban J connectivity index is 4.40. The van der Waals surface area contributed by atoms with Crippen LogP contribution >= 0.6 is 0 Å². The molecule has 0 aromatic carbocycles. The van der Waals surface area contributed by atoms with Gasteiger partial charge >= 0.3 is 5.97 Å². The Morgan fingerprint density at radius 3 is 2.35 bits per heavy atom. The zero-order chi connectivity index (χ0) is 13.7. The summed E-state index contributed by atoms with van der Waals surface area (Å²) in [5, 5.41) is 9.04. The first-order chi connectivity index (χ1) is 7.62. The topological polar surface area (TPSA) is 55.8 Å². The molecule has 0 aliphatic carbocycles. The van der Waals surface area contributed by atoms with Gasteiger partial charge in [-0.25, -0.2) is 4.79 Å². The van der Waals surface area contributed by atoms with Crippen LogP contribution in [0.5, 0.6) is 0 Å². The molecule has 4 nitrogen and oxygen atoms in total. The molecule has 0 aliphatic heterocycles. The van der Waals surface area contributed by atoms with Crippen molar-refractivity contribution in [1.82, 2.24) is 0 Å². The molecule has 0 aromatic heterocycles. The Bertz CT molecular complexity index is 268. The largest absolute Gasteiger partial charge is 0.479 e. The van der Waals surface area contributed by atoms with Crippen molar-refractivity contribution in [1.29, 1.82) is 0 Å². The summed E-state index contributed by atoms with van der Waals surface area (Å²) in [5.74, 6) is -0.995. The van der Waals surface area contributed by atoms with Gasteiger partial charge in [0.25, 0.3) is 0 Å². The summed E-state index contributed by atoms with van der Waals surface area (Å²) < 4.78 is 11.0. The minimum absolute atomic E-state index is 0.0640. The maximum Gasteiger partial charge on any atom is 0.335 e. The first-order valence-corrected chi connectivity index (χ1v) is 8.62. The summed E-state index contributed by atoms with van der Waals surface area (Å²) in [6.07, 6.45) is 0.615. The molecule has 0 aliphatic rings. The molecule has 0 spiro atoms. The van der Waals surface area contributed by atoms with Crippen LogP contribution in [0.3, 0.4) is 0 Å². The Hall–Kier alpha value is -0.653. The number of ether oxygens (including phenoxy) is 1. The lowest BCUT2D eigenvalue weighted by molar-refractivity contribution is -0.151. The second kappa shape index (κ2) is 6.33. The van der Waals surface area contributed by atoms with Crippen molar-refractivity contribution in [3.8, 4) is 0 Å². The number of hydrogen-bond acceptors (Lipinski definition) is 3. The molecule has 1 atom stereocenters. The van der Waals surface area contributed by atoms with Crippen LogP contribution < -0.4 is 0 Å². The molecular weight excluding hydrogens is 236 g/mol. The number of rotatable bonds is 7. The zero-order valence-electron chi connectivity index (χ0n) is 11.4. The van der Waals surface area contributed by atoms with Crippen LogP contribution in [-0.2, 0) is 14.0 Å². The SMILES string of the molecule is C=CCO[C@H](CO[Si](C)(C)C(C)(C)C)C(=O)O. The number of carboxylic acid groups (broad SMARTS) is 1. The molecule has 0 rings (SSSR count). The molecule has 0 heterocycles. The van der Waals surface area contributed by atoms with Gasteiger partial charge in [0.05, 0.1) is 13.2 Å². The van der Waals surface area contributed by atoms with Gasteiger partial charge in [-0.1, -0.05) is 26.8 Å². The van der Waals surface area contributed by atoms with Crippen LogP contribution in [0.4, 0.5) is 0 Å². The third kappa shape index (κ3) is 5.47. The van der Waals surface area contributed by atoms with Crippen LogP contribution in [0.2, 0.25) is 18.1 Å². The van der Waals surface area contributed by atoms with Crippen molar-refractivity contribution in [3.05, 3.63) is 12.7 Å². The van der Waals surface area contributed by atoms with Crippen LogP contribution in [0, 0.1) is 0 Å². The maximum atomic E-state index is 10.9. The highest BCUT2D eigenvalue weighted by Gasteiger charge is 2.38. The van der Waals surface area contributed by atoms with E-state index < -0.39 is 20.4 Å². The molecule has 17 heavy (non-hydrogen) atoms. The van der Waals surface area contributed by atoms with Gasteiger partial charge in [-0.3, -0.25) is 0 Å². The highest BCUT2D eigenvalue weighted by molar-refractivity contribution is 6.74. The molecule has 100 valence electrons. The van der Waals surface area contributed by atoms with E-state index in [0.29, 0.717) is 0 Å². The van der Waals surface area contributed by atoms with Crippen LogP contribution in [-0.4, -0.2) is 38.7 Å². The molecule has 1 N–H and O–H groups in total. The van der Waals surface area contributed by atoms with Crippen molar-refractivity contribution in [2.45, 2.75) is 45.0 Å². The summed E-state index contributed by atoms with van der Waals surface area (Å²) in [4.78, 5) is 10.9. The van der Waals surface area contributed by atoms with E-state index in [1.54, 1.807) is 0 Å². The molecule has 0 fully saturated rings. The van der Waals surface area contributed by atoms with Gasteiger partial charge in [0.15, 0.2) is 14.4 Å². The second-order valence-electron chi connectivity index (χ2n) is 5.52. The predicted molar refractivity (Wildman–Crippen MR) is 70.7 cm³/mol. The van der Waals surface area contributed by atoms with E-state index in [2.05, 4.69) is 40.4 Å². The summed E-state index contributed by atoms with van der Waals surface area (Å²) in [7, 11) is -1.92. The monoisotopic (exact) mass is 260 g/mol. The fraction of sp³-hybridized carbons (Fsp3) is 0.750. The smallest absolute Gasteiger partial charge is 0.335 e. The first-order valence-electron chi connectivity index (χ1n) is 5.71. The predicted octanol–water partition coefficient (Wildman–Crippen LogP) is 2.66.